The van der Waals surface area contributed by atoms with Gasteiger partial charge in [0, 0.05) is 31.1 Å². The fraction of sp³-hybridized carbons (Fsp3) is 0.481. The number of fused-ring (bicyclic) bond motifs is 3. The van der Waals surface area contributed by atoms with E-state index in [9.17, 15) is 9.90 Å². The second-order valence-electron chi connectivity index (χ2n) is 9.87. The highest BCUT2D eigenvalue weighted by molar-refractivity contribution is 7.71. The molecule has 1 atom stereocenters. The lowest BCUT2D eigenvalue weighted by molar-refractivity contribution is -0.134. The second kappa shape index (κ2) is 9.51. The lowest BCUT2D eigenvalue weighted by Crippen LogP contribution is -2.39. The number of amides is 1. The molecular formula is C27H32ClN3O3S. The highest BCUT2D eigenvalue weighted by Crippen LogP contribution is 2.47. The normalized spacial score (nSPS) is 20.0. The average molecular weight is 514 g/mol. The molecule has 0 radical (unpaired) electrons. The first-order valence-corrected chi connectivity index (χ1v) is 13.3. The van der Waals surface area contributed by atoms with Crippen LogP contribution in [-0.4, -0.2) is 44.2 Å². The summed E-state index contributed by atoms with van der Waals surface area (Å²) in [5.74, 6) is 0.618. The summed E-state index contributed by atoms with van der Waals surface area (Å²) in [6.07, 6.45) is 9.56. The number of carbonyl (C=O) groups is 1. The Morgan fingerprint density at radius 2 is 1.89 bits per heavy atom. The van der Waals surface area contributed by atoms with E-state index in [1.165, 1.54) is 6.42 Å². The maximum atomic E-state index is 13.1. The number of carbonyl (C=O) groups excluding carboxylic acids is 1. The summed E-state index contributed by atoms with van der Waals surface area (Å²) in [5, 5.41) is 11.9. The van der Waals surface area contributed by atoms with Gasteiger partial charge in [0.15, 0.2) is 10.9 Å². The van der Waals surface area contributed by atoms with Crippen LogP contribution in [0.4, 0.5) is 0 Å². The van der Waals surface area contributed by atoms with Crippen LogP contribution in [0.25, 0.3) is 11.3 Å². The smallest absolute Gasteiger partial charge is 0.264 e. The Hall–Kier alpha value is -2.51. The minimum atomic E-state index is -0.286. The fourth-order valence-electron chi connectivity index (χ4n) is 5.79. The van der Waals surface area contributed by atoms with Crippen LogP contribution in [0.1, 0.15) is 57.9 Å². The van der Waals surface area contributed by atoms with E-state index in [0.29, 0.717) is 41.7 Å². The van der Waals surface area contributed by atoms with Gasteiger partial charge in [-0.2, -0.15) is 0 Å². The number of imidazole rings is 1. The van der Waals surface area contributed by atoms with Gasteiger partial charge in [-0.25, -0.2) is 0 Å². The van der Waals surface area contributed by atoms with Crippen molar-refractivity contribution < 1.29 is 14.6 Å². The Morgan fingerprint density at radius 1 is 1.20 bits per heavy atom. The number of benzene rings is 1. The number of nitrogens with zero attached hydrogens (tertiary/aromatic N) is 3. The van der Waals surface area contributed by atoms with Crippen molar-refractivity contribution in [2.24, 2.45) is 5.41 Å². The molecule has 1 aliphatic heterocycles. The lowest BCUT2D eigenvalue weighted by Gasteiger charge is -2.38. The molecule has 3 aliphatic rings. The number of rotatable bonds is 7. The topological polar surface area (TPSA) is 59.6 Å². The average Bonchev–Trinajstić information content (AvgIpc) is 3.47. The maximum absolute atomic E-state index is 13.1. The van der Waals surface area contributed by atoms with Gasteiger partial charge in [0.2, 0.25) is 5.91 Å². The van der Waals surface area contributed by atoms with Gasteiger partial charge >= 0.3 is 0 Å². The quantitative estimate of drug-likeness (QED) is 0.442. The summed E-state index contributed by atoms with van der Waals surface area (Å²) in [5.41, 5.74) is 2.77. The predicted molar refractivity (Wildman–Crippen MR) is 141 cm³/mol. The lowest BCUT2D eigenvalue weighted by atomic mass is 9.71. The molecule has 35 heavy (non-hydrogen) atoms. The Balaban J connectivity index is 1.45. The largest absolute Gasteiger partial charge is 0.491 e. The van der Waals surface area contributed by atoms with Crippen molar-refractivity contribution in [2.45, 2.75) is 65.0 Å². The molecule has 2 aromatic rings. The summed E-state index contributed by atoms with van der Waals surface area (Å²) in [7, 11) is 0. The van der Waals surface area contributed by atoms with Gasteiger partial charge in [0.1, 0.15) is 0 Å². The van der Waals surface area contributed by atoms with Crippen LogP contribution >= 0.6 is 23.8 Å². The molecule has 0 bridgehead atoms. The maximum Gasteiger partial charge on any atom is 0.264 e. The van der Waals surface area contributed by atoms with Crippen LogP contribution in [-0.2, 0) is 11.3 Å². The minimum Gasteiger partial charge on any atom is -0.491 e. The van der Waals surface area contributed by atoms with E-state index in [0.717, 1.165) is 42.5 Å². The molecule has 2 aliphatic carbocycles. The first kappa shape index (κ1) is 24.2. The SMILES string of the molecule is CCN(CC)C(=O)CC1(Cn2c(O)c3n(c2=S)C2=CC(c4ccc(Cl)cc4)=CC2O3)CCCCC1. The summed E-state index contributed by atoms with van der Waals surface area (Å²) in [6.45, 7) is 5.98. The Bertz CT molecular complexity index is 1250. The monoisotopic (exact) mass is 513 g/mol. The highest BCUT2D eigenvalue weighted by Gasteiger charge is 2.41. The van der Waals surface area contributed by atoms with E-state index in [4.69, 9.17) is 28.6 Å². The number of hydrogen-bond acceptors (Lipinski definition) is 4. The first-order chi connectivity index (χ1) is 16.9. The molecule has 186 valence electrons. The van der Waals surface area contributed by atoms with Gasteiger partial charge in [-0.15, -0.1) is 0 Å². The van der Waals surface area contributed by atoms with E-state index in [2.05, 4.69) is 6.08 Å². The third-order valence-electron chi connectivity index (χ3n) is 7.72. The minimum absolute atomic E-state index is 0.0481. The molecule has 0 spiro atoms. The third kappa shape index (κ3) is 4.33. The zero-order chi connectivity index (χ0) is 24.7. The number of aromatic nitrogens is 2. The molecular weight excluding hydrogens is 482 g/mol. The van der Waals surface area contributed by atoms with Gasteiger partial charge in [-0.3, -0.25) is 13.9 Å². The molecule has 5 rings (SSSR count). The molecule has 1 saturated carbocycles. The molecule has 8 heteroatoms. The van der Waals surface area contributed by atoms with E-state index in [1.54, 1.807) is 4.57 Å². The molecule has 2 heterocycles. The van der Waals surface area contributed by atoms with Crippen molar-refractivity contribution in [2.75, 3.05) is 13.1 Å². The Kier molecular flexibility index (Phi) is 6.57. The summed E-state index contributed by atoms with van der Waals surface area (Å²) in [6, 6.07) is 7.70. The standard InChI is InChI=1S/C27H32ClN3O3S/c1-3-29(4-2)23(32)16-27(12-6-5-7-13-27)17-30-24(33)25-31(26(30)35)21-14-19(15-22(21)34-25)18-8-10-20(28)11-9-18/h8-11,14-15,22,33H,3-7,12-13,16-17H2,1-2H3. The first-order valence-electron chi connectivity index (χ1n) is 12.5. The Labute approximate surface area is 216 Å². The van der Waals surface area contributed by atoms with E-state index >= 15 is 0 Å². The van der Waals surface area contributed by atoms with Crippen LogP contribution in [0.5, 0.6) is 11.8 Å². The van der Waals surface area contributed by atoms with Crippen molar-refractivity contribution in [3.05, 3.63) is 51.8 Å². The predicted octanol–water partition coefficient (Wildman–Crippen LogP) is 6.29. The third-order valence-corrected chi connectivity index (χ3v) is 8.38. The number of hydrogen-bond donors (Lipinski definition) is 1. The molecule has 6 nitrogen and oxygen atoms in total. The van der Waals surface area contributed by atoms with Gasteiger partial charge in [-0.1, -0.05) is 43.0 Å². The number of allylic oxidation sites excluding steroid dienone is 2. The molecule has 0 saturated heterocycles. The van der Waals surface area contributed by atoms with Crippen molar-refractivity contribution in [3.63, 3.8) is 0 Å². The van der Waals surface area contributed by atoms with Crippen molar-refractivity contribution in [1.82, 2.24) is 14.0 Å². The zero-order valence-corrected chi connectivity index (χ0v) is 21.9. The Morgan fingerprint density at radius 3 is 2.54 bits per heavy atom. The van der Waals surface area contributed by atoms with Crippen molar-refractivity contribution in [3.8, 4) is 11.8 Å². The van der Waals surface area contributed by atoms with Crippen LogP contribution < -0.4 is 4.74 Å². The second-order valence-corrected chi connectivity index (χ2v) is 10.7. The van der Waals surface area contributed by atoms with Crippen LogP contribution in [0.3, 0.4) is 0 Å². The van der Waals surface area contributed by atoms with Crippen LogP contribution in [0.15, 0.2) is 36.4 Å². The molecule has 1 unspecified atom stereocenters. The van der Waals surface area contributed by atoms with Crippen LogP contribution in [0, 0.1) is 10.2 Å². The number of ether oxygens (including phenoxy) is 1. The molecule has 1 fully saturated rings. The summed E-state index contributed by atoms with van der Waals surface area (Å²) in [4.78, 5) is 15.0. The highest BCUT2D eigenvalue weighted by atomic mass is 35.5. The van der Waals surface area contributed by atoms with Crippen molar-refractivity contribution >= 4 is 41.0 Å². The molecule has 1 amide bonds. The van der Waals surface area contributed by atoms with E-state index in [-0.39, 0.29) is 23.3 Å². The number of aromatic hydroxyl groups is 1. The fourth-order valence-corrected chi connectivity index (χ4v) is 6.26. The molecule has 1 aromatic carbocycles. The van der Waals surface area contributed by atoms with E-state index in [1.807, 2.05) is 53.7 Å². The van der Waals surface area contributed by atoms with Crippen LogP contribution in [0.2, 0.25) is 5.02 Å². The van der Waals surface area contributed by atoms with Gasteiger partial charge in [-0.05, 0) is 79.7 Å². The van der Waals surface area contributed by atoms with Crippen molar-refractivity contribution in [1.29, 1.82) is 0 Å². The zero-order valence-electron chi connectivity index (χ0n) is 20.3. The molecule has 1 N–H and O–H groups in total. The van der Waals surface area contributed by atoms with Gasteiger partial charge in [0.05, 0.1) is 5.70 Å². The molecule has 1 aromatic heterocycles. The summed E-state index contributed by atoms with van der Waals surface area (Å²) >= 11 is 11.9. The van der Waals surface area contributed by atoms with E-state index < -0.39 is 0 Å². The van der Waals surface area contributed by atoms with Gasteiger partial charge < -0.3 is 14.7 Å². The number of halogens is 1. The van der Waals surface area contributed by atoms with Gasteiger partial charge in [0.25, 0.3) is 11.8 Å². The summed E-state index contributed by atoms with van der Waals surface area (Å²) < 4.78 is 10.3.